The Hall–Kier alpha value is -3.05. The largest absolute Gasteiger partial charge is 0.491 e. The van der Waals surface area contributed by atoms with Crippen molar-refractivity contribution in [2.45, 2.75) is 25.6 Å². The molecular formula is C19H17F5N6O. The van der Waals surface area contributed by atoms with Gasteiger partial charge in [0.25, 0.3) is 6.43 Å². The van der Waals surface area contributed by atoms with Crippen molar-refractivity contribution in [1.82, 2.24) is 24.7 Å². The maximum absolute atomic E-state index is 13.1. The van der Waals surface area contributed by atoms with Gasteiger partial charge in [-0.2, -0.15) is 18.3 Å². The Bertz CT molecular complexity index is 1120. The molecule has 1 aliphatic heterocycles. The van der Waals surface area contributed by atoms with Crippen molar-refractivity contribution >= 4 is 17.0 Å². The maximum atomic E-state index is 13.1. The highest BCUT2D eigenvalue weighted by molar-refractivity contribution is 5.71. The van der Waals surface area contributed by atoms with E-state index in [2.05, 4.69) is 20.1 Å². The lowest BCUT2D eigenvalue weighted by Crippen LogP contribution is -2.28. The first-order chi connectivity index (χ1) is 14.7. The van der Waals surface area contributed by atoms with Crippen LogP contribution in [0.1, 0.15) is 12.1 Å². The van der Waals surface area contributed by atoms with Crippen molar-refractivity contribution in [3.8, 4) is 5.75 Å². The molecule has 1 aliphatic carbocycles. The van der Waals surface area contributed by atoms with Gasteiger partial charge in [0.1, 0.15) is 23.6 Å². The second-order valence-corrected chi connectivity index (χ2v) is 7.94. The number of ether oxygens (including phenoxy) is 1. The van der Waals surface area contributed by atoms with Crippen LogP contribution in [0.25, 0.3) is 11.2 Å². The third-order valence-electron chi connectivity index (χ3n) is 5.83. The van der Waals surface area contributed by atoms with Crippen LogP contribution in [0.2, 0.25) is 0 Å². The Balaban J connectivity index is 1.31. The minimum atomic E-state index is -4.59. The summed E-state index contributed by atoms with van der Waals surface area (Å²) >= 11 is 0. The molecule has 2 aliphatic rings. The first kappa shape index (κ1) is 19.9. The standard InChI is InChI=1S/C19H17F5N6O/c20-14(21)8-30-17-12(5-27-30)26-6-15(28-17)29-7-11-4-18(11,9-29)10-31-13-2-1-3-25-16(13)19(22,23)24/h1-3,5-6,11,14H,4,7-10H2. The van der Waals surface area contributed by atoms with Gasteiger partial charge in [0, 0.05) is 24.7 Å². The molecular weight excluding hydrogens is 423 g/mol. The molecule has 31 heavy (non-hydrogen) atoms. The Morgan fingerprint density at radius 2 is 2.06 bits per heavy atom. The minimum Gasteiger partial charge on any atom is -0.491 e. The Morgan fingerprint density at radius 3 is 2.84 bits per heavy atom. The highest BCUT2D eigenvalue weighted by Gasteiger charge is 2.61. The van der Waals surface area contributed by atoms with Crippen LogP contribution in [0, 0.1) is 11.3 Å². The molecule has 3 aromatic rings. The van der Waals surface area contributed by atoms with E-state index < -0.39 is 24.8 Å². The van der Waals surface area contributed by atoms with Gasteiger partial charge in [-0.05, 0) is 24.5 Å². The van der Waals surface area contributed by atoms with Crippen LogP contribution >= 0.6 is 0 Å². The van der Waals surface area contributed by atoms with Crippen molar-refractivity contribution in [3.63, 3.8) is 0 Å². The van der Waals surface area contributed by atoms with Gasteiger partial charge in [-0.15, -0.1) is 0 Å². The predicted octanol–water partition coefficient (Wildman–Crippen LogP) is 3.41. The summed E-state index contributed by atoms with van der Waals surface area (Å²) in [6.45, 7) is 0.727. The third-order valence-corrected chi connectivity index (χ3v) is 5.83. The number of nitrogens with zero attached hydrogens (tertiary/aromatic N) is 6. The van der Waals surface area contributed by atoms with Crippen molar-refractivity contribution in [3.05, 3.63) is 36.4 Å². The van der Waals surface area contributed by atoms with Crippen LogP contribution in [-0.4, -0.2) is 50.9 Å². The molecule has 2 unspecified atom stereocenters. The van der Waals surface area contributed by atoms with Gasteiger partial charge in [-0.25, -0.2) is 28.4 Å². The highest BCUT2D eigenvalue weighted by atomic mass is 19.4. The molecule has 1 saturated carbocycles. The van der Waals surface area contributed by atoms with E-state index in [1.54, 1.807) is 6.20 Å². The number of pyridine rings is 1. The van der Waals surface area contributed by atoms with Crippen molar-refractivity contribution < 1.29 is 26.7 Å². The monoisotopic (exact) mass is 440 g/mol. The molecule has 0 aromatic carbocycles. The summed E-state index contributed by atoms with van der Waals surface area (Å²) in [7, 11) is 0. The van der Waals surface area contributed by atoms with E-state index in [4.69, 9.17) is 4.74 Å². The van der Waals surface area contributed by atoms with Gasteiger partial charge < -0.3 is 9.64 Å². The van der Waals surface area contributed by atoms with Gasteiger partial charge in [-0.1, -0.05) is 0 Å². The summed E-state index contributed by atoms with van der Waals surface area (Å²) < 4.78 is 71.6. The Kier molecular flexibility index (Phi) is 4.48. The fourth-order valence-electron chi connectivity index (χ4n) is 4.19. The van der Waals surface area contributed by atoms with Gasteiger partial charge in [0.2, 0.25) is 0 Å². The molecule has 3 aromatic heterocycles. The molecule has 2 atom stereocenters. The number of piperidine rings is 1. The molecule has 12 heteroatoms. The summed E-state index contributed by atoms with van der Waals surface area (Å²) in [6, 6.07) is 2.67. The molecule has 0 amide bonds. The van der Waals surface area contributed by atoms with Crippen molar-refractivity contribution in [1.29, 1.82) is 0 Å². The van der Waals surface area contributed by atoms with Gasteiger partial charge >= 0.3 is 6.18 Å². The van der Waals surface area contributed by atoms with E-state index in [1.165, 1.54) is 18.3 Å². The van der Waals surface area contributed by atoms with Crippen LogP contribution in [0.15, 0.2) is 30.7 Å². The Labute approximate surface area is 172 Å². The van der Waals surface area contributed by atoms with Crippen LogP contribution in [0.4, 0.5) is 27.8 Å². The van der Waals surface area contributed by atoms with E-state index in [9.17, 15) is 22.0 Å². The quantitative estimate of drug-likeness (QED) is 0.548. The number of rotatable bonds is 6. The lowest BCUT2D eigenvalue weighted by atomic mass is 10.1. The van der Waals surface area contributed by atoms with Gasteiger partial charge in [0.15, 0.2) is 11.3 Å². The lowest BCUT2D eigenvalue weighted by molar-refractivity contribution is -0.142. The van der Waals surface area contributed by atoms with E-state index in [0.717, 1.165) is 17.3 Å². The number of hydrogen-bond donors (Lipinski definition) is 0. The van der Waals surface area contributed by atoms with Gasteiger partial charge in [0.05, 0.1) is 19.0 Å². The van der Waals surface area contributed by atoms with Crippen LogP contribution < -0.4 is 9.64 Å². The van der Waals surface area contributed by atoms with Crippen molar-refractivity contribution in [2.75, 3.05) is 24.6 Å². The molecule has 0 radical (unpaired) electrons. The zero-order valence-corrected chi connectivity index (χ0v) is 16.1. The molecule has 164 valence electrons. The number of alkyl halides is 5. The average Bonchev–Trinajstić information content (AvgIpc) is 3.06. The molecule has 7 nitrogen and oxygen atoms in total. The number of fused-ring (bicyclic) bond motifs is 2. The topological polar surface area (TPSA) is 69.0 Å². The van der Waals surface area contributed by atoms with Crippen LogP contribution in [0.3, 0.4) is 0 Å². The predicted molar refractivity (Wildman–Crippen MR) is 98.8 cm³/mol. The van der Waals surface area contributed by atoms with Crippen LogP contribution in [0.5, 0.6) is 5.75 Å². The molecule has 4 heterocycles. The second-order valence-electron chi connectivity index (χ2n) is 7.94. The van der Waals surface area contributed by atoms with E-state index in [0.29, 0.717) is 24.4 Å². The smallest absolute Gasteiger partial charge is 0.437 e. The highest BCUT2D eigenvalue weighted by Crippen LogP contribution is 2.58. The van der Waals surface area contributed by atoms with Gasteiger partial charge in [-0.3, -0.25) is 0 Å². The van der Waals surface area contributed by atoms with E-state index >= 15 is 0 Å². The van der Waals surface area contributed by atoms with Crippen LogP contribution in [-0.2, 0) is 12.7 Å². The fourth-order valence-corrected chi connectivity index (χ4v) is 4.19. The molecule has 0 spiro atoms. The number of anilines is 1. The summed E-state index contributed by atoms with van der Waals surface area (Å²) in [5.74, 6) is 0.486. The Morgan fingerprint density at radius 1 is 1.23 bits per heavy atom. The molecule has 2 fully saturated rings. The van der Waals surface area contributed by atoms with E-state index in [-0.39, 0.29) is 29.3 Å². The minimum absolute atomic E-state index is 0.127. The summed E-state index contributed by atoms with van der Waals surface area (Å²) in [5.41, 5.74) is -0.627. The number of aromatic nitrogens is 5. The normalized spacial score (nSPS) is 22.9. The lowest BCUT2D eigenvalue weighted by Gasteiger charge is -2.22. The van der Waals surface area contributed by atoms with E-state index in [1.807, 2.05) is 4.90 Å². The first-order valence-electron chi connectivity index (χ1n) is 9.62. The maximum Gasteiger partial charge on any atom is 0.437 e. The first-order valence-corrected chi connectivity index (χ1v) is 9.62. The second kappa shape index (κ2) is 6.99. The molecule has 0 N–H and O–H groups in total. The fraction of sp³-hybridized carbons (Fsp3) is 0.474. The average molecular weight is 440 g/mol. The summed E-state index contributed by atoms with van der Waals surface area (Å²) in [5, 5.41) is 3.91. The summed E-state index contributed by atoms with van der Waals surface area (Å²) in [6.07, 6.45) is -2.30. The van der Waals surface area contributed by atoms with Crippen molar-refractivity contribution in [2.24, 2.45) is 11.3 Å². The number of halogens is 5. The number of hydrogen-bond acceptors (Lipinski definition) is 6. The summed E-state index contributed by atoms with van der Waals surface area (Å²) in [4.78, 5) is 14.1. The molecule has 0 bridgehead atoms. The zero-order chi connectivity index (χ0) is 21.8. The third kappa shape index (κ3) is 3.63. The zero-order valence-electron chi connectivity index (χ0n) is 16.1. The molecule has 1 saturated heterocycles. The SMILES string of the molecule is FC(F)Cn1ncc2ncc(N3CC4CC4(COc4cccnc4C(F)(F)F)C3)nc21. The molecule has 5 rings (SSSR count).